The van der Waals surface area contributed by atoms with Gasteiger partial charge in [-0.25, -0.2) is 23.4 Å². The number of rotatable bonds is 7. The van der Waals surface area contributed by atoms with Crippen molar-refractivity contribution in [3.8, 4) is 29.5 Å². The van der Waals surface area contributed by atoms with Crippen LogP contribution in [0.1, 0.15) is 50.9 Å². The van der Waals surface area contributed by atoms with Gasteiger partial charge in [-0.15, -0.1) is 6.42 Å². The molecule has 0 bridgehead atoms. The first-order valence-electron chi connectivity index (χ1n) is 14.1. The summed E-state index contributed by atoms with van der Waals surface area (Å²) < 4.78 is 41.5. The van der Waals surface area contributed by atoms with Crippen molar-refractivity contribution in [2.24, 2.45) is 0 Å². The number of aromatic hydroxyl groups is 1. The van der Waals surface area contributed by atoms with E-state index >= 15 is 0 Å². The number of nitrogens with zero attached hydrogens (tertiary/aromatic N) is 2. The summed E-state index contributed by atoms with van der Waals surface area (Å²) in [6.07, 6.45) is 11.0. The molecule has 2 aromatic carbocycles. The standard InChI is InChI=1S/C17H15FN2O3.C10H11N.C8H6FIO3/c1-19-8-10-3-4-14(20-9-10)15-6-11-5-12(18)7-13(16(11)23-15)17(21)22-2;1-3-5-9-6-7-10(4-2)11-8-9;1-13-8(12)5-2-4(9)3-6(10)7(5)11/h3-7,9,19H,8H2,1-2H3;2,6-8H,3,5H2,1H3;2-3,11H,1H3. The van der Waals surface area contributed by atoms with E-state index in [1.165, 1.54) is 25.8 Å². The topological polar surface area (TPSA) is 124 Å². The highest BCUT2D eigenvalue weighted by atomic mass is 127. The molecule has 5 aromatic rings. The molecule has 0 aliphatic carbocycles. The number of carbonyl (C=O) groups is 2. The molecule has 9 nitrogen and oxygen atoms in total. The fourth-order valence-electron chi connectivity index (χ4n) is 4.16. The Kier molecular flexibility index (Phi) is 13.8. The molecular formula is C35H32F2IN3O6. The van der Waals surface area contributed by atoms with Gasteiger partial charge in [-0.1, -0.05) is 31.4 Å². The van der Waals surface area contributed by atoms with Gasteiger partial charge in [0.15, 0.2) is 5.76 Å². The van der Waals surface area contributed by atoms with Crippen LogP contribution in [0.4, 0.5) is 8.78 Å². The maximum absolute atomic E-state index is 13.7. The van der Waals surface area contributed by atoms with Gasteiger partial charge < -0.3 is 24.3 Å². The number of furan rings is 1. The van der Waals surface area contributed by atoms with Crippen LogP contribution in [-0.2, 0) is 22.4 Å². The fraction of sp³-hybridized carbons (Fsp3) is 0.200. The molecule has 0 atom stereocenters. The number of terminal acetylenes is 1. The second-order valence-corrected chi connectivity index (χ2v) is 10.9. The van der Waals surface area contributed by atoms with Crippen LogP contribution >= 0.6 is 22.6 Å². The zero-order valence-electron chi connectivity index (χ0n) is 26.1. The SMILES string of the molecule is C#Cc1ccc(CCC)cn1.CNCc1ccc(-c2cc3cc(F)cc(C(=O)OC)c3o2)nc1.COC(=O)c1cc(F)cc(I)c1O. The number of aryl methyl sites for hydroxylation is 1. The Morgan fingerprint density at radius 3 is 2.17 bits per heavy atom. The van der Waals surface area contributed by atoms with Gasteiger partial charge in [-0.05, 0) is 89.7 Å². The number of phenols is 1. The summed E-state index contributed by atoms with van der Waals surface area (Å²) in [6.45, 7) is 2.86. The number of phenolic OH excluding ortho intramolecular Hbond substituents is 1. The monoisotopic (exact) mass is 755 g/mol. The molecule has 0 spiro atoms. The van der Waals surface area contributed by atoms with Gasteiger partial charge in [0, 0.05) is 24.3 Å². The highest BCUT2D eigenvalue weighted by Gasteiger charge is 2.18. The van der Waals surface area contributed by atoms with Crippen molar-refractivity contribution in [2.75, 3.05) is 21.3 Å². The number of pyridine rings is 2. The van der Waals surface area contributed by atoms with Crippen LogP contribution in [0.25, 0.3) is 22.4 Å². The number of esters is 2. The van der Waals surface area contributed by atoms with Crippen LogP contribution in [-0.4, -0.2) is 48.3 Å². The maximum Gasteiger partial charge on any atom is 0.341 e. The van der Waals surface area contributed by atoms with Crippen molar-refractivity contribution in [1.82, 2.24) is 15.3 Å². The lowest BCUT2D eigenvalue weighted by atomic mass is 10.1. The van der Waals surface area contributed by atoms with Crippen molar-refractivity contribution in [3.63, 3.8) is 0 Å². The summed E-state index contributed by atoms with van der Waals surface area (Å²) in [4.78, 5) is 31.2. The minimum Gasteiger partial charge on any atom is -0.506 e. The van der Waals surface area contributed by atoms with Crippen LogP contribution < -0.4 is 5.32 Å². The van der Waals surface area contributed by atoms with E-state index in [2.05, 4.69) is 37.6 Å². The summed E-state index contributed by atoms with van der Waals surface area (Å²) in [5.41, 5.74) is 3.80. The Bertz CT molecular complexity index is 1870. The van der Waals surface area contributed by atoms with Gasteiger partial charge in [-0.3, -0.25) is 4.98 Å². The molecule has 0 unspecified atom stereocenters. The molecule has 0 radical (unpaired) electrons. The van der Waals surface area contributed by atoms with Crippen molar-refractivity contribution >= 4 is 45.5 Å². The molecule has 3 aromatic heterocycles. The average Bonchev–Trinajstić information content (AvgIpc) is 3.51. The van der Waals surface area contributed by atoms with E-state index in [9.17, 15) is 23.5 Å². The number of halogens is 3. The lowest BCUT2D eigenvalue weighted by Crippen LogP contribution is -2.05. The second-order valence-electron chi connectivity index (χ2n) is 9.78. The van der Waals surface area contributed by atoms with E-state index in [0.29, 0.717) is 29.1 Å². The van der Waals surface area contributed by atoms with Crippen molar-refractivity contribution in [1.29, 1.82) is 0 Å². The molecule has 244 valence electrons. The van der Waals surface area contributed by atoms with Crippen molar-refractivity contribution in [3.05, 3.63) is 110 Å². The lowest BCUT2D eigenvalue weighted by molar-refractivity contribution is 0.0589. The summed E-state index contributed by atoms with van der Waals surface area (Å²) in [5.74, 6) is 0.187. The third kappa shape index (κ3) is 10.1. The molecule has 0 saturated heterocycles. The Morgan fingerprint density at radius 2 is 1.60 bits per heavy atom. The predicted octanol–water partition coefficient (Wildman–Crippen LogP) is 7.08. The number of hydrogen-bond acceptors (Lipinski definition) is 9. The molecule has 0 amide bonds. The van der Waals surface area contributed by atoms with Crippen molar-refractivity contribution in [2.45, 2.75) is 26.3 Å². The van der Waals surface area contributed by atoms with Crippen molar-refractivity contribution < 1.29 is 37.4 Å². The van der Waals surface area contributed by atoms with Crippen LogP contribution in [0.2, 0.25) is 0 Å². The minimum atomic E-state index is -0.755. The highest BCUT2D eigenvalue weighted by molar-refractivity contribution is 14.1. The zero-order chi connectivity index (χ0) is 34.5. The predicted molar refractivity (Wildman–Crippen MR) is 182 cm³/mol. The normalized spacial score (nSPS) is 10.2. The first kappa shape index (κ1) is 36.6. The Balaban J connectivity index is 0.000000212. The van der Waals surface area contributed by atoms with Gasteiger partial charge in [0.2, 0.25) is 0 Å². The van der Waals surface area contributed by atoms with Crippen LogP contribution in [0.3, 0.4) is 0 Å². The van der Waals surface area contributed by atoms with E-state index in [4.69, 9.17) is 10.8 Å². The lowest BCUT2D eigenvalue weighted by Gasteiger charge is -2.04. The molecular weight excluding hydrogens is 723 g/mol. The van der Waals surface area contributed by atoms with Gasteiger partial charge in [0.25, 0.3) is 0 Å². The number of benzene rings is 2. The van der Waals surface area contributed by atoms with E-state index in [0.717, 1.165) is 36.6 Å². The quantitative estimate of drug-likeness (QED) is 0.102. The molecule has 3 heterocycles. The van der Waals surface area contributed by atoms with Crippen LogP contribution in [0, 0.1) is 27.5 Å². The van der Waals surface area contributed by atoms with Gasteiger partial charge in [-0.2, -0.15) is 0 Å². The van der Waals surface area contributed by atoms with E-state index in [1.807, 2.05) is 37.5 Å². The van der Waals surface area contributed by atoms with E-state index < -0.39 is 23.6 Å². The molecule has 47 heavy (non-hydrogen) atoms. The molecule has 0 fully saturated rings. The van der Waals surface area contributed by atoms with E-state index in [1.54, 1.807) is 34.9 Å². The minimum absolute atomic E-state index is 0.0561. The molecule has 12 heteroatoms. The number of hydrogen-bond donors (Lipinski definition) is 2. The number of methoxy groups -OCH3 is 2. The number of carbonyl (C=O) groups excluding carboxylic acids is 2. The second kappa shape index (κ2) is 17.7. The zero-order valence-corrected chi connectivity index (χ0v) is 28.2. The van der Waals surface area contributed by atoms with Gasteiger partial charge >= 0.3 is 11.9 Å². The summed E-state index contributed by atoms with van der Waals surface area (Å²) in [5, 5.41) is 12.9. The molecule has 0 aliphatic heterocycles. The number of nitrogens with one attached hydrogen (secondary N) is 1. The Labute approximate surface area is 284 Å². The maximum atomic E-state index is 13.7. The third-order valence-corrected chi connectivity index (χ3v) is 7.21. The number of aromatic nitrogens is 2. The number of fused-ring (bicyclic) bond motifs is 1. The van der Waals surface area contributed by atoms with Crippen LogP contribution in [0.5, 0.6) is 5.75 Å². The van der Waals surface area contributed by atoms with Gasteiger partial charge in [0.1, 0.15) is 45.5 Å². The fourth-order valence-corrected chi connectivity index (χ4v) is 4.75. The van der Waals surface area contributed by atoms with E-state index in [-0.39, 0.29) is 26.0 Å². The first-order valence-corrected chi connectivity index (χ1v) is 15.2. The first-order chi connectivity index (χ1) is 22.5. The highest BCUT2D eigenvalue weighted by Crippen LogP contribution is 2.30. The molecule has 0 saturated carbocycles. The third-order valence-electron chi connectivity index (χ3n) is 6.39. The summed E-state index contributed by atoms with van der Waals surface area (Å²) >= 11 is 1.73. The number of ether oxygens (including phenoxy) is 2. The van der Waals surface area contributed by atoms with Crippen LogP contribution in [0.15, 0.2) is 71.4 Å². The average molecular weight is 756 g/mol. The smallest absolute Gasteiger partial charge is 0.341 e. The summed E-state index contributed by atoms with van der Waals surface area (Å²) in [7, 11) is 4.26. The Morgan fingerprint density at radius 1 is 0.957 bits per heavy atom. The summed E-state index contributed by atoms with van der Waals surface area (Å²) in [6, 6.07) is 13.8. The Hall–Kier alpha value is -4.87. The van der Waals surface area contributed by atoms with Gasteiger partial charge in [0.05, 0.1) is 17.8 Å². The largest absolute Gasteiger partial charge is 0.506 e. The molecule has 2 N–H and O–H groups in total. The molecule has 5 rings (SSSR count). The molecule has 0 aliphatic rings.